The maximum absolute atomic E-state index is 13.3. The zero-order valence-corrected chi connectivity index (χ0v) is 13.4. The van der Waals surface area contributed by atoms with Crippen LogP contribution >= 0.6 is 0 Å². The molecule has 5 saturated carbocycles. The zero-order valence-electron chi connectivity index (χ0n) is 14.4. The van der Waals surface area contributed by atoms with E-state index in [-0.39, 0.29) is 11.9 Å². The summed E-state index contributed by atoms with van der Waals surface area (Å²) in [6, 6.07) is -1.02. The Morgan fingerprint density at radius 2 is 1.95 bits per heavy atom. The van der Waals surface area contributed by atoms with Crippen molar-refractivity contribution < 1.29 is 11.3 Å². The average molecular weight is 305 g/mol. The van der Waals surface area contributed by atoms with Gasteiger partial charge in [0.25, 0.3) is 0 Å². The minimum atomic E-state index is -1.58. The van der Waals surface area contributed by atoms with E-state index in [9.17, 15) is 9.90 Å². The number of amides is 1. The van der Waals surface area contributed by atoms with Crippen LogP contribution in [0.15, 0.2) is 0 Å². The van der Waals surface area contributed by atoms with Crippen molar-refractivity contribution in [1.82, 2.24) is 4.90 Å². The van der Waals surface area contributed by atoms with E-state index < -0.39 is 17.0 Å². The molecular formula is C18H28N2O2. The molecular weight excluding hydrogens is 276 g/mol. The number of hydrogen-bond donors (Lipinski definition) is 2. The molecule has 4 nitrogen and oxygen atoms in total. The molecule has 6 atom stereocenters. The van der Waals surface area contributed by atoms with Crippen molar-refractivity contribution in [2.24, 2.45) is 28.9 Å². The minimum absolute atomic E-state index is 0.166. The van der Waals surface area contributed by atoms with E-state index in [2.05, 4.69) is 6.92 Å². The van der Waals surface area contributed by atoms with Crippen LogP contribution in [0.2, 0.25) is 0 Å². The normalized spacial score (nSPS) is 58.2. The first kappa shape index (κ1) is 12.8. The summed E-state index contributed by atoms with van der Waals surface area (Å²) >= 11 is 0. The first-order valence-electron chi connectivity index (χ1n) is 9.57. The fourth-order valence-corrected chi connectivity index (χ4v) is 6.95. The molecule has 0 radical (unpaired) electrons. The molecule has 6 fully saturated rings. The van der Waals surface area contributed by atoms with Crippen LogP contribution in [0.25, 0.3) is 0 Å². The number of nitrogens with zero attached hydrogens (tertiary/aromatic N) is 1. The summed E-state index contributed by atoms with van der Waals surface area (Å²) in [5.41, 5.74) is 5.32. The molecule has 1 heterocycles. The van der Waals surface area contributed by atoms with Crippen LogP contribution < -0.4 is 5.73 Å². The first-order chi connectivity index (χ1) is 10.7. The molecule has 6 aliphatic rings. The summed E-state index contributed by atoms with van der Waals surface area (Å²) < 4.78 is 8.93. The largest absolute Gasteiger partial charge is 0.390 e. The van der Waals surface area contributed by atoms with E-state index in [1.165, 1.54) is 0 Å². The van der Waals surface area contributed by atoms with Gasteiger partial charge >= 0.3 is 0 Å². The fourth-order valence-electron chi connectivity index (χ4n) is 6.95. The molecule has 4 heteroatoms. The predicted molar refractivity (Wildman–Crippen MR) is 82.9 cm³/mol. The Balaban J connectivity index is 1.49. The molecule has 1 saturated heterocycles. The summed E-state index contributed by atoms with van der Waals surface area (Å²) in [4.78, 5) is 15.2. The van der Waals surface area contributed by atoms with Crippen molar-refractivity contribution >= 4 is 5.91 Å². The number of fused-ring (bicyclic) bond motifs is 1. The number of aliphatic hydroxyl groups is 1. The van der Waals surface area contributed by atoms with E-state index >= 15 is 0 Å². The Bertz CT molecular complexity index is 561. The summed E-state index contributed by atoms with van der Waals surface area (Å²) in [5.74, 6) is 1.38. The second-order valence-electron chi connectivity index (χ2n) is 9.24. The second-order valence-corrected chi connectivity index (χ2v) is 9.24. The summed E-state index contributed by atoms with van der Waals surface area (Å²) in [6.45, 7) is 2.09. The topological polar surface area (TPSA) is 66.6 Å². The number of likely N-dealkylation sites (tertiary alicyclic amines) is 1. The van der Waals surface area contributed by atoms with Gasteiger partial charge in [0.05, 0.1) is 13.0 Å². The fraction of sp³-hybridized carbons (Fsp3) is 0.944. The van der Waals surface area contributed by atoms with E-state index in [1.807, 2.05) is 4.90 Å². The quantitative estimate of drug-likeness (QED) is 0.815. The molecule has 4 bridgehead atoms. The SMILES string of the molecule is [2H][C@@](N)(C(=O)N1[C@H](C)C[C@@H]2C[C@@H]21)C12CC3CC(CC(O)(C3)C1)C2. The van der Waals surface area contributed by atoms with Gasteiger partial charge in [-0.15, -0.1) is 0 Å². The molecule has 2 unspecified atom stereocenters. The molecule has 0 spiro atoms. The van der Waals surface area contributed by atoms with Crippen LogP contribution in [0.3, 0.4) is 0 Å². The summed E-state index contributed by atoms with van der Waals surface area (Å²) in [6.07, 6.45) is 7.26. The van der Waals surface area contributed by atoms with Crippen LogP contribution in [0.4, 0.5) is 0 Å². The number of carbonyl (C=O) groups is 1. The van der Waals surface area contributed by atoms with Crippen molar-refractivity contribution in [3.63, 3.8) is 0 Å². The highest BCUT2D eigenvalue weighted by Gasteiger charge is 2.62. The van der Waals surface area contributed by atoms with Crippen LogP contribution in [0.1, 0.15) is 59.7 Å². The minimum Gasteiger partial charge on any atom is -0.390 e. The van der Waals surface area contributed by atoms with Gasteiger partial charge in [-0.05, 0) is 81.5 Å². The lowest BCUT2D eigenvalue weighted by molar-refractivity contribution is -0.177. The maximum atomic E-state index is 13.3. The highest BCUT2D eigenvalue weighted by Crippen LogP contribution is 2.63. The van der Waals surface area contributed by atoms with Gasteiger partial charge in [0, 0.05) is 12.1 Å². The van der Waals surface area contributed by atoms with Gasteiger partial charge in [0.15, 0.2) is 0 Å². The molecule has 122 valence electrons. The monoisotopic (exact) mass is 305 g/mol. The van der Waals surface area contributed by atoms with Crippen molar-refractivity contribution in [2.75, 3.05) is 0 Å². The van der Waals surface area contributed by atoms with Crippen molar-refractivity contribution in [2.45, 2.75) is 82.0 Å². The molecule has 1 amide bonds. The van der Waals surface area contributed by atoms with E-state index in [0.29, 0.717) is 30.2 Å². The number of rotatable bonds is 2. The third kappa shape index (κ3) is 1.74. The second kappa shape index (κ2) is 4.07. The molecule has 0 aromatic rings. The Kier molecular flexibility index (Phi) is 2.36. The van der Waals surface area contributed by atoms with Gasteiger partial charge in [-0.3, -0.25) is 4.79 Å². The third-order valence-corrected chi connectivity index (χ3v) is 7.43. The number of nitrogens with two attached hydrogens (primary N) is 1. The molecule has 6 rings (SSSR count). The van der Waals surface area contributed by atoms with Crippen LogP contribution in [-0.4, -0.2) is 39.6 Å². The first-order valence-corrected chi connectivity index (χ1v) is 9.07. The number of hydrogen-bond acceptors (Lipinski definition) is 3. The van der Waals surface area contributed by atoms with Crippen molar-refractivity contribution in [3.05, 3.63) is 0 Å². The van der Waals surface area contributed by atoms with Crippen molar-refractivity contribution in [1.29, 1.82) is 0 Å². The van der Waals surface area contributed by atoms with Crippen molar-refractivity contribution in [3.8, 4) is 0 Å². The third-order valence-electron chi connectivity index (χ3n) is 7.43. The van der Waals surface area contributed by atoms with Gasteiger partial charge in [0.1, 0.15) is 0 Å². The molecule has 1 aliphatic heterocycles. The Hall–Kier alpha value is -0.610. The average Bonchev–Trinajstić information content (AvgIpc) is 3.07. The van der Waals surface area contributed by atoms with Gasteiger partial charge < -0.3 is 15.7 Å². The van der Waals surface area contributed by atoms with Gasteiger partial charge in [-0.25, -0.2) is 0 Å². The number of carbonyl (C=O) groups excluding carboxylic acids is 1. The smallest absolute Gasteiger partial charge is 0.240 e. The molecule has 5 aliphatic carbocycles. The lowest BCUT2D eigenvalue weighted by atomic mass is 9.46. The van der Waals surface area contributed by atoms with Crippen LogP contribution in [0.5, 0.6) is 0 Å². The Morgan fingerprint density at radius 1 is 1.27 bits per heavy atom. The Morgan fingerprint density at radius 3 is 2.50 bits per heavy atom. The van der Waals surface area contributed by atoms with Gasteiger partial charge in [-0.2, -0.15) is 0 Å². The van der Waals surface area contributed by atoms with Gasteiger partial charge in [-0.1, -0.05) is 0 Å². The summed E-state index contributed by atoms with van der Waals surface area (Å²) in [5, 5.41) is 10.9. The molecule has 22 heavy (non-hydrogen) atoms. The van der Waals surface area contributed by atoms with Crippen LogP contribution in [-0.2, 0) is 4.79 Å². The van der Waals surface area contributed by atoms with Gasteiger partial charge in [0.2, 0.25) is 5.91 Å². The summed E-state index contributed by atoms with van der Waals surface area (Å²) in [7, 11) is 0. The lowest BCUT2D eigenvalue weighted by Gasteiger charge is -2.61. The maximum Gasteiger partial charge on any atom is 0.240 e. The van der Waals surface area contributed by atoms with E-state index in [1.54, 1.807) is 0 Å². The predicted octanol–water partition coefficient (Wildman–Crippen LogP) is 1.65. The molecule has 0 aromatic carbocycles. The zero-order chi connectivity index (χ0) is 16.2. The lowest BCUT2D eigenvalue weighted by Crippen LogP contribution is -2.64. The molecule has 3 N–H and O–H groups in total. The van der Waals surface area contributed by atoms with Crippen LogP contribution in [0, 0.1) is 23.2 Å². The molecule has 0 aromatic heterocycles. The standard InChI is InChI=1S/C18H28N2O2/c1-10-2-13-4-14(13)20(10)16(21)15(19)17-5-11-3-12(6-17)8-18(22,7-11)9-17/h10-15,22H,2-9,19H2,1H3/t10-,11?,12?,13-,14+,15-,17?,18?/m1/s1/i15D. The van der Waals surface area contributed by atoms with E-state index in [4.69, 9.17) is 7.10 Å². The highest BCUT2D eigenvalue weighted by atomic mass is 16.3. The van der Waals surface area contributed by atoms with E-state index in [0.717, 1.165) is 44.9 Å². The highest BCUT2D eigenvalue weighted by molar-refractivity contribution is 5.84. The number of piperidine rings is 1. The Labute approximate surface area is 133 Å².